The molecule has 1 aromatic carbocycles. The van der Waals surface area contributed by atoms with E-state index in [0.717, 1.165) is 18.7 Å². The van der Waals surface area contributed by atoms with Crippen LogP contribution in [0.4, 0.5) is 0 Å². The van der Waals surface area contributed by atoms with E-state index >= 15 is 0 Å². The van der Waals surface area contributed by atoms with Crippen LogP contribution in [-0.2, 0) is 9.53 Å². The van der Waals surface area contributed by atoms with Gasteiger partial charge in [0.05, 0.1) is 18.6 Å². The van der Waals surface area contributed by atoms with Crippen molar-refractivity contribution in [2.45, 2.75) is 25.6 Å². The van der Waals surface area contributed by atoms with Gasteiger partial charge < -0.3 is 9.84 Å². The van der Waals surface area contributed by atoms with Gasteiger partial charge in [-0.05, 0) is 12.5 Å². The molecule has 98 valence electrons. The first-order valence-corrected chi connectivity index (χ1v) is 6.29. The molecule has 1 heterocycles. The van der Waals surface area contributed by atoms with Crippen LogP contribution in [0, 0.1) is 0 Å². The maximum Gasteiger partial charge on any atom is 0.304 e. The molecule has 18 heavy (non-hydrogen) atoms. The van der Waals surface area contributed by atoms with E-state index in [1.54, 1.807) is 0 Å². The molecular weight excluding hydrogens is 230 g/mol. The maximum atomic E-state index is 10.6. The molecule has 4 heteroatoms. The summed E-state index contributed by atoms with van der Waals surface area (Å²) in [4.78, 5) is 12.8. The van der Waals surface area contributed by atoms with Gasteiger partial charge in [0.2, 0.25) is 0 Å². The molecule has 2 atom stereocenters. The zero-order valence-corrected chi connectivity index (χ0v) is 10.6. The Morgan fingerprint density at radius 1 is 1.39 bits per heavy atom. The molecular formula is C14H19NO3. The van der Waals surface area contributed by atoms with Crippen LogP contribution in [0.5, 0.6) is 0 Å². The van der Waals surface area contributed by atoms with E-state index in [4.69, 9.17) is 9.84 Å². The van der Waals surface area contributed by atoms with Crippen molar-refractivity contribution in [1.29, 1.82) is 0 Å². The summed E-state index contributed by atoms with van der Waals surface area (Å²) >= 11 is 0. The molecule has 1 aliphatic heterocycles. The minimum absolute atomic E-state index is 0.0451. The Labute approximate surface area is 107 Å². The van der Waals surface area contributed by atoms with Gasteiger partial charge in [0.25, 0.3) is 0 Å². The number of aliphatic carboxylic acids is 1. The van der Waals surface area contributed by atoms with Crippen LogP contribution in [-0.4, -0.2) is 41.7 Å². The molecule has 1 aliphatic rings. The van der Waals surface area contributed by atoms with E-state index in [-0.39, 0.29) is 18.6 Å². The third kappa shape index (κ3) is 3.55. The van der Waals surface area contributed by atoms with Crippen molar-refractivity contribution in [3.63, 3.8) is 0 Å². The number of hydrogen-bond donors (Lipinski definition) is 1. The Kier molecular flexibility index (Phi) is 4.33. The molecule has 1 fully saturated rings. The monoisotopic (exact) mass is 249 g/mol. The second-order valence-corrected chi connectivity index (χ2v) is 4.75. The molecule has 0 aromatic heterocycles. The first-order chi connectivity index (χ1) is 8.65. The number of benzene rings is 1. The SMILES string of the molecule is C[C@H]1CN(CCC(=O)O)C[C@H](c2ccccc2)O1. The standard InChI is InChI=1S/C14H19NO3/c1-11-9-15(8-7-14(16)17)10-13(18-11)12-5-3-2-4-6-12/h2-6,11,13H,7-10H2,1H3,(H,16,17)/t11-,13+/m0/s1. The second kappa shape index (κ2) is 5.98. The number of ether oxygens (including phenoxy) is 1. The number of rotatable bonds is 4. The van der Waals surface area contributed by atoms with Crippen LogP contribution < -0.4 is 0 Å². The summed E-state index contributed by atoms with van der Waals surface area (Å²) < 4.78 is 5.92. The van der Waals surface area contributed by atoms with Crippen LogP contribution in [0.15, 0.2) is 30.3 Å². The summed E-state index contributed by atoms with van der Waals surface area (Å²) in [5.41, 5.74) is 1.16. The number of carboxylic acids is 1. The molecule has 1 saturated heterocycles. The largest absolute Gasteiger partial charge is 0.481 e. The predicted molar refractivity (Wildman–Crippen MR) is 68.4 cm³/mol. The van der Waals surface area contributed by atoms with Gasteiger partial charge in [-0.2, -0.15) is 0 Å². The topological polar surface area (TPSA) is 49.8 Å². The normalized spacial score (nSPS) is 24.9. The minimum Gasteiger partial charge on any atom is -0.481 e. The van der Waals surface area contributed by atoms with E-state index in [1.165, 1.54) is 0 Å². The zero-order chi connectivity index (χ0) is 13.0. The van der Waals surface area contributed by atoms with Crippen molar-refractivity contribution < 1.29 is 14.6 Å². The Hall–Kier alpha value is -1.39. The molecule has 0 spiro atoms. The molecule has 1 N–H and O–H groups in total. The van der Waals surface area contributed by atoms with Gasteiger partial charge in [0, 0.05) is 19.6 Å². The summed E-state index contributed by atoms with van der Waals surface area (Å²) in [5, 5.41) is 8.74. The highest BCUT2D eigenvalue weighted by molar-refractivity contribution is 5.66. The third-order valence-electron chi connectivity index (χ3n) is 3.15. The van der Waals surface area contributed by atoms with Crippen molar-refractivity contribution in [1.82, 2.24) is 4.90 Å². The summed E-state index contributed by atoms with van der Waals surface area (Å²) in [5.74, 6) is -0.745. The Bertz CT molecular complexity index is 393. The number of carboxylic acid groups (broad SMARTS) is 1. The lowest BCUT2D eigenvalue weighted by Gasteiger charge is -2.36. The summed E-state index contributed by atoms with van der Waals surface area (Å²) in [6, 6.07) is 10.1. The van der Waals surface area contributed by atoms with Gasteiger partial charge in [0.15, 0.2) is 0 Å². The van der Waals surface area contributed by atoms with Gasteiger partial charge in [-0.25, -0.2) is 0 Å². The smallest absolute Gasteiger partial charge is 0.304 e. The lowest BCUT2D eigenvalue weighted by molar-refractivity contribution is -0.138. The molecule has 2 rings (SSSR count). The number of hydrogen-bond acceptors (Lipinski definition) is 3. The van der Waals surface area contributed by atoms with E-state index < -0.39 is 5.97 Å². The number of morpholine rings is 1. The zero-order valence-electron chi connectivity index (χ0n) is 10.6. The van der Waals surface area contributed by atoms with Crippen LogP contribution in [0.25, 0.3) is 0 Å². The maximum absolute atomic E-state index is 10.6. The van der Waals surface area contributed by atoms with Crippen LogP contribution in [0.3, 0.4) is 0 Å². The quantitative estimate of drug-likeness (QED) is 0.885. The van der Waals surface area contributed by atoms with E-state index in [1.807, 2.05) is 25.1 Å². The second-order valence-electron chi connectivity index (χ2n) is 4.75. The van der Waals surface area contributed by atoms with E-state index in [2.05, 4.69) is 17.0 Å². The van der Waals surface area contributed by atoms with E-state index in [0.29, 0.717) is 6.54 Å². The fourth-order valence-electron chi connectivity index (χ4n) is 2.33. The van der Waals surface area contributed by atoms with Crippen molar-refractivity contribution >= 4 is 5.97 Å². The molecule has 0 amide bonds. The predicted octanol–water partition coefficient (Wildman–Crippen LogP) is 1.92. The van der Waals surface area contributed by atoms with Crippen molar-refractivity contribution in [3.05, 3.63) is 35.9 Å². The highest BCUT2D eigenvalue weighted by atomic mass is 16.5. The van der Waals surface area contributed by atoms with Gasteiger partial charge in [-0.15, -0.1) is 0 Å². The molecule has 0 bridgehead atoms. The van der Waals surface area contributed by atoms with Gasteiger partial charge in [-0.3, -0.25) is 9.69 Å². The third-order valence-corrected chi connectivity index (χ3v) is 3.15. The molecule has 1 aromatic rings. The van der Waals surface area contributed by atoms with Gasteiger partial charge in [-0.1, -0.05) is 30.3 Å². The number of nitrogens with zero attached hydrogens (tertiary/aromatic N) is 1. The van der Waals surface area contributed by atoms with Crippen LogP contribution >= 0.6 is 0 Å². The summed E-state index contributed by atoms with van der Waals surface area (Å²) in [7, 11) is 0. The number of carbonyl (C=O) groups is 1. The minimum atomic E-state index is -0.745. The Balaban J connectivity index is 1.98. The van der Waals surface area contributed by atoms with Crippen LogP contribution in [0.1, 0.15) is 25.0 Å². The average Bonchev–Trinajstić information content (AvgIpc) is 2.37. The molecule has 0 unspecified atom stereocenters. The van der Waals surface area contributed by atoms with Gasteiger partial charge in [0.1, 0.15) is 0 Å². The highest BCUT2D eigenvalue weighted by Gasteiger charge is 2.26. The van der Waals surface area contributed by atoms with Gasteiger partial charge >= 0.3 is 5.97 Å². The molecule has 0 saturated carbocycles. The lowest BCUT2D eigenvalue weighted by Crippen LogP contribution is -2.43. The fraction of sp³-hybridized carbons (Fsp3) is 0.500. The Morgan fingerprint density at radius 2 is 2.11 bits per heavy atom. The van der Waals surface area contributed by atoms with Crippen LogP contribution in [0.2, 0.25) is 0 Å². The highest BCUT2D eigenvalue weighted by Crippen LogP contribution is 2.24. The van der Waals surface area contributed by atoms with Crippen molar-refractivity contribution in [2.75, 3.05) is 19.6 Å². The van der Waals surface area contributed by atoms with Crippen molar-refractivity contribution in [2.24, 2.45) is 0 Å². The first-order valence-electron chi connectivity index (χ1n) is 6.29. The molecule has 4 nitrogen and oxygen atoms in total. The average molecular weight is 249 g/mol. The molecule has 0 aliphatic carbocycles. The van der Waals surface area contributed by atoms with Crippen molar-refractivity contribution in [3.8, 4) is 0 Å². The summed E-state index contributed by atoms with van der Waals surface area (Å²) in [6.07, 6.45) is 0.371. The summed E-state index contributed by atoms with van der Waals surface area (Å²) in [6.45, 7) is 4.19. The first kappa shape index (κ1) is 13.1. The van der Waals surface area contributed by atoms with E-state index in [9.17, 15) is 4.79 Å². The lowest BCUT2D eigenvalue weighted by atomic mass is 10.1. The Morgan fingerprint density at radius 3 is 2.78 bits per heavy atom. The fourth-order valence-corrected chi connectivity index (χ4v) is 2.33. The molecule has 0 radical (unpaired) electrons.